The Kier molecular flexibility index (Phi) is 3.64. The standard InChI is InChI=1S/C17H20N2O3/c1-11(14-10-12-6-3-4-7-13(12)22-14)19-16(21)17(8-5-9-17)15(20)18-2/h3-4,6-7,10-11H,5,8-9H2,1-2H3,(H,18,20)(H,19,21)/t11-/m1/s1. The highest BCUT2D eigenvalue weighted by molar-refractivity contribution is 6.06. The Hall–Kier alpha value is -2.30. The van der Waals surface area contributed by atoms with E-state index in [1.165, 1.54) is 0 Å². The van der Waals surface area contributed by atoms with Crippen LogP contribution in [0.3, 0.4) is 0 Å². The number of carbonyl (C=O) groups excluding carboxylic acids is 2. The van der Waals surface area contributed by atoms with Gasteiger partial charge in [-0.15, -0.1) is 0 Å². The largest absolute Gasteiger partial charge is 0.459 e. The van der Waals surface area contributed by atoms with Crippen LogP contribution in [0.1, 0.15) is 38.0 Å². The molecule has 1 aromatic carbocycles. The van der Waals surface area contributed by atoms with Crippen LogP contribution in [0.5, 0.6) is 0 Å². The lowest BCUT2D eigenvalue weighted by Crippen LogP contribution is -2.55. The van der Waals surface area contributed by atoms with E-state index in [-0.39, 0.29) is 17.9 Å². The van der Waals surface area contributed by atoms with Crippen LogP contribution in [0.2, 0.25) is 0 Å². The molecule has 1 atom stereocenters. The molecule has 1 saturated carbocycles. The second-order valence-electron chi connectivity index (χ2n) is 5.90. The van der Waals surface area contributed by atoms with E-state index in [0.29, 0.717) is 18.6 Å². The minimum Gasteiger partial charge on any atom is -0.459 e. The van der Waals surface area contributed by atoms with Crippen molar-refractivity contribution in [2.45, 2.75) is 32.2 Å². The summed E-state index contributed by atoms with van der Waals surface area (Å²) in [6, 6.07) is 9.36. The van der Waals surface area contributed by atoms with Crippen molar-refractivity contribution >= 4 is 22.8 Å². The first-order chi connectivity index (χ1) is 10.6. The molecule has 1 aliphatic rings. The Labute approximate surface area is 129 Å². The van der Waals surface area contributed by atoms with Gasteiger partial charge in [-0.3, -0.25) is 9.59 Å². The molecule has 0 bridgehead atoms. The maximum atomic E-state index is 12.5. The van der Waals surface area contributed by atoms with Crippen molar-refractivity contribution in [1.82, 2.24) is 10.6 Å². The van der Waals surface area contributed by atoms with E-state index in [1.54, 1.807) is 7.05 Å². The molecule has 0 unspecified atom stereocenters. The fourth-order valence-corrected chi connectivity index (χ4v) is 2.95. The lowest BCUT2D eigenvalue weighted by molar-refractivity contribution is -0.149. The molecular formula is C17H20N2O3. The van der Waals surface area contributed by atoms with Crippen molar-refractivity contribution in [3.05, 3.63) is 36.1 Å². The van der Waals surface area contributed by atoms with Gasteiger partial charge in [0.2, 0.25) is 11.8 Å². The molecule has 5 heteroatoms. The van der Waals surface area contributed by atoms with Gasteiger partial charge in [-0.05, 0) is 31.9 Å². The van der Waals surface area contributed by atoms with Gasteiger partial charge in [0.25, 0.3) is 0 Å². The third-order valence-electron chi connectivity index (χ3n) is 4.52. The number of hydrogen-bond donors (Lipinski definition) is 2. The summed E-state index contributed by atoms with van der Waals surface area (Å²) < 4.78 is 5.77. The molecule has 2 amide bonds. The van der Waals surface area contributed by atoms with Crippen LogP contribution >= 0.6 is 0 Å². The van der Waals surface area contributed by atoms with Gasteiger partial charge >= 0.3 is 0 Å². The van der Waals surface area contributed by atoms with Crippen LogP contribution in [-0.4, -0.2) is 18.9 Å². The van der Waals surface area contributed by atoms with Crippen molar-refractivity contribution in [2.75, 3.05) is 7.05 Å². The van der Waals surface area contributed by atoms with E-state index in [0.717, 1.165) is 17.4 Å². The Morgan fingerprint density at radius 1 is 1.23 bits per heavy atom. The fourth-order valence-electron chi connectivity index (χ4n) is 2.95. The van der Waals surface area contributed by atoms with Gasteiger partial charge in [-0.1, -0.05) is 24.6 Å². The molecule has 1 heterocycles. The number of rotatable bonds is 4. The molecule has 0 saturated heterocycles. The van der Waals surface area contributed by atoms with Crippen molar-refractivity contribution in [3.8, 4) is 0 Å². The van der Waals surface area contributed by atoms with Gasteiger partial charge in [0.05, 0.1) is 6.04 Å². The van der Waals surface area contributed by atoms with Crippen molar-refractivity contribution < 1.29 is 14.0 Å². The molecule has 5 nitrogen and oxygen atoms in total. The predicted molar refractivity (Wildman–Crippen MR) is 83.1 cm³/mol. The zero-order valence-electron chi connectivity index (χ0n) is 12.8. The third kappa shape index (κ3) is 2.26. The number of nitrogens with one attached hydrogen (secondary N) is 2. The Bertz CT molecular complexity index is 683. The number of amides is 2. The maximum Gasteiger partial charge on any atom is 0.236 e. The molecule has 1 aromatic heterocycles. The Balaban J connectivity index is 1.77. The summed E-state index contributed by atoms with van der Waals surface area (Å²) >= 11 is 0. The molecular weight excluding hydrogens is 280 g/mol. The van der Waals surface area contributed by atoms with Crippen LogP contribution in [0, 0.1) is 5.41 Å². The molecule has 2 N–H and O–H groups in total. The summed E-state index contributed by atoms with van der Waals surface area (Å²) in [5.74, 6) is 0.278. The lowest BCUT2D eigenvalue weighted by atomic mass is 9.67. The molecule has 1 fully saturated rings. The fraction of sp³-hybridized carbons (Fsp3) is 0.412. The van der Waals surface area contributed by atoms with Crippen LogP contribution < -0.4 is 10.6 Å². The molecule has 0 spiro atoms. The third-order valence-corrected chi connectivity index (χ3v) is 4.52. The number of hydrogen-bond acceptors (Lipinski definition) is 3. The highest BCUT2D eigenvalue weighted by Gasteiger charge is 2.50. The minimum atomic E-state index is -0.908. The number of fused-ring (bicyclic) bond motifs is 1. The number of furan rings is 1. The van der Waals surface area contributed by atoms with E-state index >= 15 is 0 Å². The smallest absolute Gasteiger partial charge is 0.236 e. The van der Waals surface area contributed by atoms with Crippen molar-refractivity contribution in [1.29, 1.82) is 0 Å². The monoisotopic (exact) mass is 300 g/mol. The second kappa shape index (κ2) is 5.48. The Morgan fingerprint density at radius 2 is 1.95 bits per heavy atom. The van der Waals surface area contributed by atoms with Crippen molar-refractivity contribution in [2.24, 2.45) is 5.41 Å². The van der Waals surface area contributed by atoms with Crippen LogP contribution in [0.4, 0.5) is 0 Å². The minimum absolute atomic E-state index is 0.201. The molecule has 1 aliphatic carbocycles. The number of carbonyl (C=O) groups is 2. The topological polar surface area (TPSA) is 71.3 Å². The molecule has 2 aromatic rings. The first-order valence-corrected chi connectivity index (χ1v) is 7.58. The normalized spacial score (nSPS) is 17.5. The summed E-state index contributed by atoms with van der Waals surface area (Å²) in [5, 5.41) is 6.52. The summed E-state index contributed by atoms with van der Waals surface area (Å²) in [4.78, 5) is 24.6. The van der Waals surface area contributed by atoms with E-state index < -0.39 is 5.41 Å². The zero-order chi connectivity index (χ0) is 15.7. The van der Waals surface area contributed by atoms with Crippen LogP contribution in [-0.2, 0) is 9.59 Å². The molecule has 0 aliphatic heterocycles. The summed E-state index contributed by atoms with van der Waals surface area (Å²) in [5.41, 5.74) is -0.113. The SMILES string of the molecule is CNC(=O)C1(C(=O)N[C@H](C)c2cc3ccccc3o2)CCC1. The van der Waals surface area contributed by atoms with Crippen LogP contribution in [0.25, 0.3) is 11.0 Å². The van der Waals surface area contributed by atoms with Gasteiger partial charge in [-0.25, -0.2) is 0 Å². The summed E-state index contributed by atoms with van der Waals surface area (Å²) in [7, 11) is 1.57. The second-order valence-corrected chi connectivity index (χ2v) is 5.90. The highest BCUT2D eigenvalue weighted by Crippen LogP contribution is 2.42. The van der Waals surface area contributed by atoms with Gasteiger partial charge in [-0.2, -0.15) is 0 Å². The van der Waals surface area contributed by atoms with Gasteiger partial charge in [0.1, 0.15) is 16.8 Å². The predicted octanol–water partition coefficient (Wildman–Crippen LogP) is 2.53. The molecule has 0 radical (unpaired) electrons. The van der Waals surface area contributed by atoms with Crippen molar-refractivity contribution in [3.63, 3.8) is 0 Å². The first-order valence-electron chi connectivity index (χ1n) is 7.58. The Morgan fingerprint density at radius 3 is 2.55 bits per heavy atom. The van der Waals surface area contributed by atoms with Gasteiger partial charge < -0.3 is 15.1 Å². The number of para-hydroxylation sites is 1. The molecule has 22 heavy (non-hydrogen) atoms. The lowest BCUT2D eigenvalue weighted by Gasteiger charge is -2.38. The summed E-state index contributed by atoms with van der Waals surface area (Å²) in [6.07, 6.45) is 2.11. The maximum absolute atomic E-state index is 12.5. The molecule has 3 rings (SSSR count). The first kappa shape index (κ1) is 14.6. The van der Waals surface area contributed by atoms with E-state index in [2.05, 4.69) is 10.6 Å². The van der Waals surface area contributed by atoms with Gasteiger partial charge in [0, 0.05) is 12.4 Å². The zero-order valence-corrected chi connectivity index (χ0v) is 12.8. The van der Waals surface area contributed by atoms with E-state index in [9.17, 15) is 9.59 Å². The average molecular weight is 300 g/mol. The van der Waals surface area contributed by atoms with E-state index in [4.69, 9.17) is 4.42 Å². The quantitative estimate of drug-likeness (QED) is 0.852. The average Bonchev–Trinajstić information content (AvgIpc) is 2.89. The highest BCUT2D eigenvalue weighted by atomic mass is 16.3. The molecule has 116 valence electrons. The van der Waals surface area contributed by atoms with E-state index in [1.807, 2.05) is 37.3 Å². The number of benzene rings is 1. The van der Waals surface area contributed by atoms with Crippen LogP contribution in [0.15, 0.2) is 34.7 Å². The van der Waals surface area contributed by atoms with Gasteiger partial charge in [0.15, 0.2) is 0 Å². The summed E-state index contributed by atoms with van der Waals surface area (Å²) in [6.45, 7) is 1.87.